The van der Waals surface area contributed by atoms with Crippen molar-refractivity contribution in [1.29, 1.82) is 0 Å². The Bertz CT molecular complexity index is 348. The van der Waals surface area contributed by atoms with Crippen LogP contribution in [-0.2, 0) is 9.59 Å². The van der Waals surface area contributed by atoms with Gasteiger partial charge in [-0.25, -0.2) is 0 Å². The van der Waals surface area contributed by atoms with Gasteiger partial charge in [0.2, 0.25) is 0 Å². The van der Waals surface area contributed by atoms with Crippen molar-refractivity contribution in [3.63, 3.8) is 0 Å². The highest BCUT2D eigenvalue weighted by Gasteiger charge is 2.36. The lowest BCUT2D eigenvalue weighted by molar-refractivity contribution is -0.143. The predicted molar refractivity (Wildman–Crippen MR) is 80.1 cm³/mol. The van der Waals surface area contributed by atoms with Gasteiger partial charge < -0.3 is 21.3 Å². The zero-order valence-corrected chi connectivity index (χ0v) is 12.8. The van der Waals surface area contributed by atoms with Crippen molar-refractivity contribution in [2.75, 3.05) is 0 Å². The number of hydrogen-bond donors (Lipinski definition) is 4. The molecule has 0 heterocycles. The Balaban J connectivity index is 0.000000219. The van der Waals surface area contributed by atoms with E-state index in [0.717, 1.165) is 25.7 Å². The molecular formula is C15H28N2O4. The minimum Gasteiger partial charge on any atom is -0.480 e. The number of rotatable bonds is 4. The van der Waals surface area contributed by atoms with E-state index in [0.29, 0.717) is 18.9 Å². The summed E-state index contributed by atoms with van der Waals surface area (Å²) in [6.07, 6.45) is 9.26. The number of carboxylic acids is 2. The van der Waals surface area contributed by atoms with Crippen molar-refractivity contribution >= 4 is 11.9 Å². The summed E-state index contributed by atoms with van der Waals surface area (Å²) < 4.78 is 0. The van der Waals surface area contributed by atoms with E-state index in [2.05, 4.69) is 5.32 Å². The Morgan fingerprint density at radius 2 is 1.62 bits per heavy atom. The lowest BCUT2D eigenvalue weighted by Gasteiger charge is -2.24. The van der Waals surface area contributed by atoms with Crippen LogP contribution in [0.1, 0.15) is 64.7 Å². The molecule has 2 rings (SSSR count). The Morgan fingerprint density at radius 1 is 1.10 bits per heavy atom. The van der Waals surface area contributed by atoms with Crippen LogP contribution < -0.4 is 11.1 Å². The van der Waals surface area contributed by atoms with Crippen LogP contribution in [0.15, 0.2) is 0 Å². The molecule has 0 saturated heterocycles. The van der Waals surface area contributed by atoms with E-state index in [4.69, 9.17) is 15.9 Å². The molecular weight excluding hydrogens is 272 g/mol. The molecule has 5 N–H and O–H groups in total. The second kappa shape index (κ2) is 8.34. The number of hydrogen-bond acceptors (Lipinski definition) is 4. The Hall–Kier alpha value is -1.14. The molecule has 0 spiro atoms. The van der Waals surface area contributed by atoms with Gasteiger partial charge in [0, 0.05) is 6.04 Å². The van der Waals surface area contributed by atoms with Gasteiger partial charge in [-0.3, -0.25) is 9.59 Å². The molecule has 0 aromatic carbocycles. The van der Waals surface area contributed by atoms with E-state index in [1.54, 1.807) is 6.92 Å². The molecule has 0 bridgehead atoms. The van der Waals surface area contributed by atoms with E-state index >= 15 is 0 Å². The van der Waals surface area contributed by atoms with E-state index < -0.39 is 23.5 Å². The Kier molecular flexibility index (Phi) is 7.11. The summed E-state index contributed by atoms with van der Waals surface area (Å²) in [5, 5.41) is 20.3. The summed E-state index contributed by atoms with van der Waals surface area (Å²) in [7, 11) is 0. The molecule has 0 unspecified atom stereocenters. The van der Waals surface area contributed by atoms with E-state index in [1.807, 2.05) is 0 Å². The molecule has 1 atom stereocenters. The number of carboxylic acid groups (broad SMARTS) is 2. The SMILES string of the molecule is C[C@H](NC1CCCCC1)C(=O)O.NC1(C(=O)O)CCCC1. The van der Waals surface area contributed by atoms with Crippen LogP contribution in [0.25, 0.3) is 0 Å². The third kappa shape index (κ3) is 6.01. The van der Waals surface area contributed by atoms with Gasteiger partial charge in [-0.1, -0.05) is 32.1 Å². The maximum absolute atomic E-state index is 10.5. The summed E-state index contributed by atoms with van der Waals surface area (Å²) in [5.74, 6) is -1.60. The van der Waals surface area contributed by atoms with Gasteiger partial charge in [0.1, 0.15) is 11.6 Å². The van der Waals surface area contributed by atoms with Crippen LogP contribution in [0.2, 0.25) is 0 Å². The zero-order valence-electron chi connectivity index (χ0n) is 12.8. The van der Waals surface area contributed by atoms with Crippen molar-refractivity contribution in [2.45, 2.75) is 82.3 Å². The van der Waals surface area contributed by atoms with Crippen LogP contribution in [0.3, 0.4) is 0 Å². The number of aliphatic carboxylic acids is 2. The standard InChI is InChI=1S/C9H17NO2.C6H11NO2/c1-7(9(11)12)10-8-5-3-2-4-6-8;7-6(5(8)9)3-1-2-4-6/h7-8,10H,2-6H2,1H3,(H,11,12);1-4,7H2,(H,8,9)/t7-;/m0./s1. The van der Waals surface area contributed by atoms with Gasteiger partial charge in [0.25, 0.3) is 0 Å². The fourth-order valence-electron chi connectivity index (χ4n) is 2.91. The van der Waals surface area contributed by atoms with Crippen LogP contribution in [0.5, 0.6) is 0 Å². The Labute approximate surface area is 126 Å². The van der Waals surface area contributed by atoms with Crippen molar-refractivity contribution < 1.29 is 19.8 Å². The molecule has 2 aliphatic rings. The molecule has 0 aromatic rings. The molecule has 122 valence electrons. The second-order valence-electron chi connectivity index (χ2n) is 6.23. The van der Waals surface area contributed by atoms with E-state index in [-0.39, 0.29) is 0 Å². The highest BCUT2D eigenvalue weighted by atomic mass is 16.4. The first-order valence-electron chi connectivity index (χ1n) is 7.86. The normalized spacial score (nSPS) is 23.0. The van der Waals surface area contributed by atoms with Crippen LogP contribution >= 0.6 is 0 Å². The first kappa shape index (κ1) is 17.9. The van der Waals surface area contributed by atoms with E-state index in [1.165, 1.54) is 19.3 Å². The molecule has 0 aliphatic heterocycles. The molecule has 2 fully saturated rings. The zero-order chi connectivity index (χ0) is 15.9. The molecule has 6 heteroatoms. The third-order valence-corrected chi connectivity index (χ3v) is 4.38. The second-order valence-corrected chi connectivity index (χ2v) is 6.23. The van der Waals surface area contributed by atoms with Gasteiger partial charge in [-0.2, -0.15) is 0 Å². The lowest BCUT2D eigenvalue weighted by Crippen LogP contribution is -2.44. The largest absolute Gasteiger partial charge is 0.480 e. The number of nitrogens with one attached hydrogen (secondary N) is 1. The Morgan fingerprint density at radius 3 is 2.00 bits per heavy atom. The summed E-state index contributed by atoms with van der Waals surface area (Å²) in [4.78, 5) is 20.9. The first-order chi connectivity index (χ1) is 9.85. The molecule has 2 aliphatic carbocycles. The highest BCUT2D eigenvalue weighted by Crippen LogP contribution is 2.26. The van der Waals surface area contributed by atoms with Gasteiger partial charge in [-0.05, 0) is 32.6 Å². The number of carbonyl (C=O) groups is 2. The smallest absolute Gasteiger partial charge is 0.323 e. The van der Waals surface area contributed by atoms with Gasteiger partial charge in [0.05, 0.1) is 0 Å². The van der Waals surface area contributed by atoms with Gasteiger partial charge in [0.15, 0.2) is 0 Å². The average Bonchev–Trinajstić information content (AvgIpc) is 2.89. The van der Waals surface area contributed by atoms with Gasteiger partial charge in [-0.15, -0.1) is 0 Å². The molecule has 21 heavy (non-hydrogen) atoms. The summed E-state index contributed by atoms with van der Waals surface area (Å²) in [5.41, 5.74) is 4.61. The third-order valence-electron chi connectivity index (χ3n) is 4.38. The predicted octanol–water partition coefficient (Wildman–Crippen LogP) is 1.72. The molecule has 2 saturated carbocycles. The fourth-order valence-corrected chi connectivity index (χ4v) is 2.91. The summed E-state index contributed by atoms with van der Waals surface area (Å²) in [6.45, 7) is 1.71. The first-order valence-corrected chi connectivity index (χ1v) is 7.86. The summed E-state index contributed by atoms with van der Waals surface area (Å²) in [6, 6.07) is 0.0398. The van der Waals surface area contributed by atoms with Crippen molar-refractivity contribution in [3.05, 3.63) is 0 Å². The molecule has 0 aromatic heterocycles. The molecule has 0 radical (unpaired) electrons. The minimum absolute atomic E-state index is 0.395. The van der Waals surface area contributed by atoms with E-state index in [9.17, 15) is 9.59 Å². The van der Waals surface area contributed by atoms with Crippen LogP contribution in [-0.4, -0.2) is 39.8 Å². The average molecular weight is 300 g/mol. The lowest BCUT2D eigenvalue weighted by atomic mass is 9.95. The quantitative estimate of drug-likeness (QED) is 0.629. The maximum atomic E-state index is 10.5. The van der Waals surface area contributed by atoms with Crippen molar-refractivity contribution in [3.8, 4) is 0 Å². The van der Waals surface area contributed by atoms with Crippen LogP contribution in [0, 0.1) is 0 Å². The molecule has 6 nitrogen and oxygen atoms in total. The summed E-state index contributed by atoms with van der Waals surface area (Å²) >= 11 is 0. The highest BCUT2D eigenvalue weighted by molar-refractivity contribution is 5.78. The maximum Gasteiger partial charge on any atom is 0.323 e. The van der Waals surface area contributed by atoms with Crippen molar-refractivity contribution in [1.82, 2.24) is 5.32 Å². The molecule has 0 amide bonds. The monoisotopic (exact) mass is 300 g/mol. The van der Waals surface area contributed by atoms with Gasteiger partial charge >= 0.3 is 11.9 Å². The topological polar surface area (TPSA) is 113 Å². The minimum atomic E-state index is -0.889. The number of nitrogens with two attached hydrogens (primary N) is 1. The fraction of sp³-hybridized carbons (Fsp3) is 0.867. The van der Waals surface area contributed by atoms with Crippen molar-refractivity contribution in [2.24, 2.45) is 5.73 Å². The van der Waals surface area contributed by atoms with Crippen LogP contribution in [0.4, 0.5) is 0 Å².